The van der Waals surface area contributed by atoms with Gasteiger partial charge in [0, 0.05) is 6.07 Å². The Balaban J connectivity index is 1.33. The second-order valence-corrected chi connectivity index (χ2v) is 8.67. The number of Topliss-reactive ketones (excluding diaryl/α,β-unsaturated/α-hetero) is 1. The van der Waals surface area contributed by atoms with Gasteiger partial charge in [0.2, 0.25) is 5.78 Å². The Kier molecular flexibility index (Phi) is 9.88. The van der Waals surface area contributed by atoms with Crippen LogP contribution in [0.25, 0.3) is 0 Å². The molecule has 0 aliphatic carbocycles. The highest BCUT2D eigenvalue weighted by molar-refractivity contribution is 6.42. The molecule has 33 heavy (non-hydrogen) atoms. The maximum atomic E-state index is 12.5. The molecule has 6 nitrogen and oxygen atoms in total. The molecule has 8 heteroatoms. The zero-order valence-corrected chi connectivity index (χ0v) is 19.8. The van der Waals surface area contributed by atoms with Crippen LogP contribution in [0, 0.1) is 0 Å². The molecule has 0 amide bonds. The molecule has 3 rings (SSSR count). The highest BCUT2D eigenvalue weighted by atomic mass is 35.5. The number of unbranched alkanes of at least 4 members (excludes halogenated alkanes) is 2. The minimum Gasteiger partial charge on any atom is -0.494 e. The number of carbonyl (C=O) groups excluding carboxylic acids is 1. The fourth-order valence-corrected chi connectivity index (χ4v) is 3.54. The fraction of sp³-hybridized carbons (Fsp3) is 0.400. The molecule has 1 aliphatic heterocycles. The number of ketones is 1. The topological polar surface area (TPSA) is 74.2 Å². The third-order valence-electron chi connectivity index (χ3n) is 5.14. The van der Waals surface area contributed by atoms with Crippen molar-refractivity contribution in [2.24, 2.45) is 0 Å². The van der Waals surface area contributed by atoms with E-state index >= 15 is 0 Å². The van der Waals surface area contributed by atoms with Crippen molar-refractivity contribution in [1.29, 1.82) is 0 Å². The summed E-state index contributed by atoms with van der Waals surface area (Å²) in [7, 11) is 0. The van der Waals surface area contributed by atoms with Gasteiger partial charge in [-0.05, 0) is 37.0 Å². The van der Waals surface area contributed by atoms with E-state index in [4.69, 9.17) is 42.1 Å². The Bertz CT molecular complexity index is 934. The maximum Gasteiger partial charge on any atom is 0.204 e. The summed E-state index contributed by atoms with van der Waals surface area (Å²) in [4.78, 5) is 12.5. The zero-order valence-electron chi connectivity index (χ0n) is 18.3. The van der Waals surface area contributed by atoms with Crippen molar-refractivity contribution in [2.75, 3.05) is 26.4 Å². The van der Waals surface area contributed by atoms with E-state index in [-0.39, 0.29) is 31.2 Å². The standard InChI is InChI=1S/C25H28Cl2O6/c26-21-10-9-20(13-22(21)27)31-11-5-2-6-12-32-24-16-33-25(17-28,14-23(24)29)18-30-15-19-7-3-1-4-8-19/h1,3-4,7-10,13,16,28H,2,5-6,11-12,14-15,17-18H2. The van der Waals surface area contributed by atoms with E-state index in [0.717, 1.165) is 24.8 Å². The average molecular weight is 495 g/mol. The first-order chi connectivity index (χ1) is 16.0. The molecule has 1 unspecified atom stereocenters. The lowest BCUT2D eigenvalue weighted by molar-refractivity contribution is -0.141. The molecule has 0 aromatic heterocycles. The highest BCUT2D eigenvalue weighted by Crippen LogP contribution is 2.27. The van der Waals surface area contributed by atoms with Crippen molar-refractivity contribution in [3.05, 3.63) is 76.2 Å². The Morgan fingerprint density at radius 1 is 0.970 bits per heavy atom. The van der Waals surface area contributed by atoms with Crippen LogP contribution in [0.4, 0.5) is 0 Å². The maximum absolute atomic E-state index is 12.5. The van der Waals surface area contributed by atoms with Crippen LogP contribution in [0.5, 0.6) is 5.75 Å². The number of hydrogen-bond donors (Lipinski definition) is 1. The molecule has 0 spiro atoms. The van der Waals surface area contributed by atoms with Crippen molar-refractivity contribution in [3.63, 3.8) is 0 Å². The first-order valence-corrected chi connectivity index (χ1v) is 11.6. The summed E-state index contributed by atoms with van der Waals surface area (Å²) in [5.41, 5.74) is -0.0738. The number of rotatable bonds is 13. The number of benzene rings is 2. The first-order valence-electron chi connectivity index (χ1n) is 10.9. The predicted octanol–water partition coefficient (Wildman–Crippen LogP) is 5.34. The van der Waals surface area contributed by atoms with E-state index in [2.05, 4.69) is 0 Å². The van der Waals surface area contributed by atoms with Crippen LogP contribution < -0.4 is 4.74 Å². The van der Waals surface area contributed by atoms with Gasteiger partial charge in [-0.25, -0.2) is 0 Å². The minimum atomic E-state index is -1.08. The van der Waals surface area contributed by atoms with E-state index in [1.165, 1.54) is 6.26 Å². The van der Waals surface area contributed by atoms with Gasteiger partial charge in [0.15, 0.2) is 11.4 Å². The van der Waals surface area contributed by atoms with Gasteiger partial charge in [-0.15, -0.1) is 0 Å². The molecular weight excluding hydrogens is 467 g/mol. The second-order valence-electron chi connectivity index (χ2n) is 7.85. The summed E-state index contributed by atoms with van der Waals surface area (Å²) in [6.07, 6.45) is 3.76. The van der Waals surface area contributed by atoms with Crippen LogP contribution in [-0.4, -0.2) is 42.9 Å². The highest BCUT2D eigenvalue weighted by Gasteiger charge is 2.39. The number of carbonyl (C=O) groups is 1. The summed E-state index contributed by atoms with van der Waals surface area (Å²) in [6, 6.07) is 14.8. The van der Waals surface area contributed by atoms with E-state index in [0.29, 0.717) is 35.6 Å². The van der Waals surface area contributed by atoms with Crippen LogP contribution in [0.15, 0.2) is 60.6 Å². The van der Waals surface area contributed by atoms with Crippen LogP contribution in [0.1, 0.15) is 31.2 Å². The quantitative estimate of drug-likeness (QED) is 0.379. The van der Waals surface area contributed by atoms with Gasteiger partial charge in [0.25, 0.3) is 0 Å². The molecule has 2 aromatic carbocycles. The number of aliphatic hydroxyl groups excluding tert-OH is 1. The van der Waals surface area contributed by atoms with Gasteiger partial charge >= 0.3 is 0 Å². The molecule has 1 atom stereocenters. The third kappa shape index (κ3) is 7.93. The molecule has 178 valence electrons. The largest absolute Gasteiger partial charge is 0.494 e. The number of allylic oxidation sites excluding steroid dienone is 1. The van der Waals surface area contributed by atoms with Crippen molar-refractivity contribution >= 4 is 29.0 Å². The van der Waals surface area contributed by atoms with Crippen molar-refractivity contribution < 1.29 is 28.8 Å². The van der Waals surface area contributed by atoms with Gasteiger partial charge in [0.05, 0.1) is 49.5 Å². The van der Waals surface area contributed by atoms with E-state index < -0.39 is 5.60 Å². The van der Waals surface area contributed by atoms with Gasteiger partial charge < -0.3 is 24.1 Å². The van der Waals surface area contributed by atoms with Crippen LogP contribution in [0.2, 0.25) is 10.0 Å². The summed E-state index contributed by atoms with van der Waals surface area (Å²) >= 11 is 11.9. The molecule has 0 saturated carbocycles. The lowest BCUT2D eigenvalue weighted by Crippen LogP contribution is -2.45. The van der Waals surface area contributed by atoms with Gasteiger partial charge in [0.1, 0.15) is 12.0 Å². The SMILES string of the molecule is O=C1CC(CO)(COCc2ccccc2)OC=C1OCCCCCOc1ccc(Cl)c(Cl)c1. The van der Waals surface area contributed by atoms with Crippen molar-refractivity contribution in [3.8, 4) is 5.75 Å². The number of halogens is 2. The molecule has 0 fully saturated rings. The van der Waals surface area contributed by atoms with Crippen molar-refractivity contribution in [2.45, 2.75) is 37.9 Å². The van der Waals surface area contributed by atoms with Crippen molar-refractivity contribution in [1.82, 2.24) is 0 Å². The Morgan fingerprint density at radius 2 is 1.73 bits per heavy atom. The molecule has 0 radical (unpaired) electrons. The second kappa shape index (κ2) is 12.8. The summed E-state index contributed by atoms with van der Waals surface area (Å²) in [6.45, 7) is 1.10. The summed E-state index contributed by atoms with van der Waals surface area (Å²) < 4.78 is 22.6. The Morgan fingerprint density at radius 3 is 2.42 bits per heavy atom. The monoisotopic (exact) mass is 494 g/mol. The average Bonchev–Trinajstić information content (AvgIpc) is 2.82. The molecule has 2 aromatic rings. The van der Waals surface area contributed by atoms with Gasteiger partial charge in [-0.1, -0.05) is 53.5 Å². The molecule has 0 saturated heterocycles. The van der Waals surface area contributed by atoms with Crippen LogP contribution in [-0.2, 0) is 25.6 Å². The molecule has 0 bridgehead atoms. The Labute approximate surface area is 204 Å². The lowest BCUT2D eigenvalue weighted by Gasteiger charge is -2.33. The van der Waals surface area contributed by atoms with Crippen LogP contribution in [0.3, 0.4) is 0 Å². The minimum absolute atomic E-state index is 0.00160. The smallest absolute Gasteiger partial charge is 0.204 e. The first kappa shape index (κ1) is 25.4. The molecular formula is C25H28Cl2O6. The van der Waals surface area contributed by atoms with E-state index in [1.807, 2.05) is 30.3 Å². The van der Waals surface area contributed by atoms with Gasteiger partial charge in [-0.2, -0.15) is 0 Å². The van der Waals surface area contributed by atoms with E-state index in [1.54, 1.807) is 18.2 Å². The molecule has 1 heterocycles. The molecule has 1 aliphatic rings. The molecule has 1 N–H and O–H groups in total. The zero-order chi connectivity index (χ0) is 23.5. The lowest BCUT2D eigenvalue weighted by atomic mass is 9.96. The number of ether oxygens (including phenoxy) is 4. The van der Waals surface area contributed by atoms with Gasteiger partial charge in [-0.3, -0.25) is 4.79 Å². The number of hydrogen-bond acceptors (Lipinski definition) is 6. The third-order valence-corrected chi connectivity index (χ3v) is 5.88. The number of aliphatic hydroxyl groups is 1. The summed E-state index contributed by atoms with van der Waals surface area (Å²) in [5, 5.41) is 10.8. The fourth-order valence-electron chi connectivity index (χ4n) is 3.25. The normalized spacial score (nSPS) is 17.9. The Hall–Kier alpha value is -2.25. The van der Waals surface area contributed by atoms with E-state index in [9.17, 15) is 9.90 Å². The summed E-state index contributed by atoms with van der Waals surface area (Å²) in [5.74, 6) is 0.645. The van der Waals surface area contributed by atoms with Crippen LogP contribution >= 0.6 is 23.2 Å². The predicted molar refractivity (Wildman–Crippen MR) is 126 cm³/mol.